The van der Waals surface area contributed by atoms with E-state index in [1.807, 2.05) is 7.76 Å². The molecular formula is C22H39SiTi. The van der Waals surface area contributed by atoms with Crippen molar-refractivity contribution in [2.24, 2.45) is 11.8 Å². The second-order valence-corrected chi connectivity index (χ2v) is 34.1. The summed E-state index contributed by atoms with van der Waals surface area (Å²) in [5.41, 5.74) is 9.72. The van der Waals surface area contributed by atoms with Crippen LogP contribution >= 0.6 is 0 Å². The molecule has 0 amide bonds. The SMILES string of the molecule is CC1=C(C)C(C)[C]([Ti]([CH3])([CH3])([C]2=C(C)C(C)=C(C)C2C)[SiH](C)C)=C1C. The molecule has 2 aliphatic rings. The average molecular weight is 380 g/mol. The fourth-order valence-corrected chi connectivity index (χ4v) is 26.4. The van der Waals surface area contributed by atoms with Crippen molar-refractivity contribution in [1.82, 2.24) is 0 Å². The second kappa shape index (κ2) is 5.96. The molecule has 0 aliphatic heterocycles. The van der Waals surface area contributed by atoms with Crippen LogP contribution in [-0.2, 0) is 14.6 Å². The maximum atomic E-state index is 2.79. The van der Waals surface area contributed by atoms with Gasteiger partial charge in [-0.15, -0.1) is 0 Å². The van der Waals surface area contributed by atoms with E-state index in [2.05, 4.69) is 78.9 Å². The van der Waals surface area contributed by atoms with Crippen LogP contribution in [-0.4, -0.2) is 6.66 Å². The summed E-state index contributed by atoms with van der Waals surface area (Å²) in [6, 6.07) is 0. The van der Waals surface area contributed by atoms with E-state index in [-0.39, 0.29) is 0 Å². The fourth-order valence-electron chi connectivity index (χ4n) is 5.98. The molecule has 135 valence electrons. The van der Waals surface area contributed by atoms with Crippen molar-refractivity contribution >= 4 is 6.66 Å². The Morgan fingerprint density at radius 2 is 0.917 bits per heavy atom. The van der Waals surface area contributed by atoms with Gasteiger partial charge in [-0.1, -0.05) is 0 Å². The third kappa shape index (κ3) is 2.34. The summed E-state index contributed by atoms with van der Waals surface area (Å²) >= 11 is -2.94. The van der Waals surface area contributed by atoms with Crippen molar-refractivity contribution in [2.45, 2.75) is 78.9 Å². The molecule has 2 rings (SSSR count). The van der Waals surface area contributed by atoms with Gasteiger partial charge in [0.25, 0.3) is 0 Å². The van der Waals surface area contributed by atoms with E-state index in [0.29, 0.717) is 11.8 Å². The van der Waals surface area contributed by atoms with Gasteiger partial charge in [-0.05, 0) is 0 Å². The van der Waals surface area contributed by atoms with Crippen LogP contribution in [0.5, 0.6) is 0 Å². The monoisotopic (exact) mass is 379 g/mol. The topological polar surface area (TPSA) is 0 Å². The van der Waals surface area contributed by atoms with E-state index >= 15 is 0 Å². The van der Waals surface area contributed by atoms with Crippen LogP contribution in [0.2, 0.25) is 23.6 Å². The summed E-state index contributed by atoms with van der Waals surface area (Å²) in [4.78, 5) is 0. The van der Waals surface area contributed by atoms with Gasteiger partial charge < -0.3 is 0 Å². The molecule has 0 nitrogen and oxygen atoms in total. The summed E-state index contributed by atoms with van der Waals surface area (Å²) in [6.45, 7) is 23.7. The molecule has 0 spiro atoms. The standard InChI is InChI=1S/2C9H13.C2H7Si.2CH3.Ti/c2*1-6-5-7(2)9(4)8(6)3;1-3-2;;;/h2*6H,1-4H3;3H,1-2H3;2*1H3;. The molecule has 0 aromatic heterocycles. The molecular weight excluding hydrogens is 340 g/mol. The Kier molecular flexibility index (Phi) is 5.02. The first-order chi connectivity index (χ1) is 10.8. The van der Waals surface area contributed by atoms with Gasteiger partial charge in [0.2, 0.25) is 0 Å². The number of hydrogen-bond acceptors (Lipinski definition) is 0. The third-order valence-corrected chi connectivity index (χ3v) is 38.6. The van der Waals surface area contributed by atoms with Crippen LogP contribution < -0.4 is 0 Å². The molecule has 24 heavy (non-hydrogen) atoms. The quantitative estimate of drug-likeness (QED) is 0.452. The van der Waals surface area contributed by atoms with E-state index in [1.54, 1.807) is 33.4 Å². The Morgan fingerprint density at radius 1 is 0.625 bits per heavy atom. The molecule has 0 N–H and O–H groups in total. The van der Waals surface area contributed by atoms with E-state index in [1.165, 1.54) is 0 Å². The molecule has 0 radical (unpaired) electrons. The zero-order valence-corrected chi connectivity index (χ0v) is 20.9. The molecule has 0 bridgehead atoms. The van der Waals surface area contributed by atoms with Crippen molar-refractivity contribution in [2.75, 3.05) is 0 Å². The van der Waals surface area contributed by atoms with Crippen LogP contribution in [0.1, 0.15) is 55.4 Å². The minimum absolute atomic E-state index is 0.653. The number of allylic oxidation sites excluding steroid dienone is 8. The Labute approximate surface area is 152 Å². The van der Waals surface area contributed by atoms with Gasteiger partial charge in [0.1, 0.15) is 0 Å². The molecule has 2 aliphatic carbocycles. The van der Waals surface area contributed by atoms with Crippen LogP contribution in [0.15, 0.2) is 41.2 Å². The zero-order chi connectivity index (χ0) is 18.8. The Balaban J connectivity index is 2.85. The van der Waals surface area contributed by atoms with Crippen LogP contribution in [0, 0.1) is 11.8 Å². The molecule has 2 atom stereocenters. The number of hydrogen-bond donors (Lipinski definition) is 0. The summed E-state index contributed by atoms with van der Waals surface area (Å²) in [6.07, 6.45) is 0. The molecule has 0 aromatic carbocycles. The molecule has 0 heterocycles. The third-order valence-electron chi connectivity index (χ3n) is 8.67. The number of rotatable bonds is 3. The van der Waals surface area contributed by atoms with E-state index in [9.17, 15) is 0 Å². The summed E-state index contributed by atoms with van der Waals surface area (Å²) in [5, 5.41) is 5.58. The summed E-state index contributed by atoms with van der Waals surface area (Å²) in [5.74, 6) is 1.31. The first-order valence-electron chi connectivity index (χ1n) is 9.75. The van der Waals surface area contributed by atoms with Gasteiger partial charge in [0.15, 0.2) is 0 Å². The van der Waals surface area contributed by atoms with Gasteiger partial charge in [-0.2, -0.15) is 0 Å². The van der Waals surface area contributed by atoms with Crippen molar-refractivity contribution in [3.8, 4) is 0 Å². The first-order valence-corrected chi connectivity index (χ1v) is 20.0. The van der Waals surface area contributed by atoms with E-state index < -0.39 is 21.2 Å². The average Bonchev–Trinajstić information content (AvgIpc) is 2.80. The predicted molar refractivity (Wildman–Crippen MR) is 111 cm³/mol. The maximum absolute atomic E-state index is 2.94. The molecule has 2 heteroatoms. The van der Waals surface area contributed by atoms with Crippen molar-refractivity contribution in [3.05, 3.63) is 41.2 Å². The van der Waals surface area contributed by atoms with Crippen molar-refractivity contribution in [1.29, 1.82) is 0 Å². The fraction of sp³-hybridized carbons (Fsp3) is 0.636. The zero-order valence-electron chi connectivity index (χ0n) is 18.2. The molecule has 0 saturated heterocycles. The van der Waals surface area contributed by atoms with Gasteiger partial charge >= 0.3 is 153 Å². The van der Waals surface area contributed by atoms with Crippen LogP contribution in [0.4, 0.5) is 0 Å². The molecule has 2 unspecified atom stereocenters. The van der Waals surface area contributed by atoms with Crippen LogP contribution in [0.3, 0.4) is 0 Å². The minimum atomic E-state index is -2.94. The second-order valence-electron chi connectivity index (χ2n) is 9.78. The van der Waals surface area contributed by atoms with Gasteiger partial charge in [0, 0.05) is 0 Å². The summed E-state index contributed by atoms with van der Waals surface area (Å²) < 4.78 is 3.82. The van der Waals surface area contributed by atoms with Gasteiger partial charge in [-0.25, -0.2) is 0 Å². The van der Waals surface area contributed by atoms with Crippen LogP contribution in [0.25, 0.3) is 0 Å². The van der Waals surface area contributed by atoms with Gasteiger partial charge in [-0.3, -0.25) is 0 Å². The van der Waals surface area contributed by atoms with E-state index in [0.717, 1.165) is 0 Å². The van der Waals surface area contributed by atoms with Crippen molar-refractivity contribution < 1.29 is 14.6 Å². The Hall–Kier alpha value is -0.109. The molecule has 0 aromatic rings. The molecule has 0 saturated carbocycles. The first kappa shape index (κ1) is 20.2. The van der Waals surface area contributed by atoms with E-state index in [4.69, 9.17) is 0 Å². The van der Waals surface area contributed by atoms with Gasteiger partial charge in [0.05, 0.1) is 0 Å². The molecule has 0 fully saturated rings. The van der Waals surface area contributed by atoms with Crippen molar-refractivity contribution in [3.63, 3.8) is 0 Å². The normalized spacial score (nSPS) is 27.8. The Bertz CT molecular complexity index is 669. The Morgan fingerprint density at radius 3 is 1.08 bits per heavy atom. The predicted octanol–water partition coefficient (Wildman–Crippen LogP) is 7.28. The summed E-state index contributed by atoms with van der Waals surface area (Å²) in [7, 11) is 0.